The largest absolute Gasteiger partial charge is 0.469 e. The average Bonchev–Trinajstić information content (AvgIpc) is 2.65. The first kappa shape index (κ1) is 15.6. The highest BCUT2D eigenvalue weighted by atomic mass is 32.2. The average molecular weight is 289 g/mol. The Kier molecular flexibility index (Phi) is 5.49. The summed E-state index contributed by atoms with van der Waals surface area (Å²) in [6.07, 6.45) is 2.11. The van der Waals surface area contributed by atoms with Crippen molar-refractivity contribution < 1.29 is 17.9 Å². The van der Waals surface area contributed by atoms with Crippen molar-refractivity contribution in [2.24, 2.45) is 7.05 Å². The molecule has 1 aromatic rings. The number of nitrogens with zero attached hydrogens (tertiary/aromatic N) is 2. The zero-order valence-corrected chi connectivity index (χ0v) is 12.2. The molecule has 0 amide bonds. The zero-order chi connectivity index (χ0) is 14.5. The predicted octanol–water partition coefficient (Wildman–Crippen LogP) is 0.101. The minimum absolute atomic E-state index is 0.0958. The summed E-state index contributed by atoms with van der Waals surface area (Å²) in [5.41, 5.74) is 1.62. The van der Waals surface area contributed by atoms with Crippen molar-refractivity contribution in [3.8, 4) is 0 Å². The van der Waals surface area contributed by atoms with Crippen molar-refractivity contribution in [1.29, 1.82) is 0 Å². The number of carbonyl (C=O) groups excluding carboxylic acids is 1. The van der Waals surface area contributed by atoms with Crippen molar-refractivity contribution >= 4 is 16.0 Å². The lowest BCUT2D eigenvalue weighted by molar-refractivity contribution is -0.140. The quantitative estimate of drug-likeness (QED) is 0.719. The monoisotopic (exact) mass is 289 g/mol. The van der Waals surface area contributed by atoms with Gasteiger partial charge in [-0.2, -0.15) is 5.10 Å². The molecule has 1 aromatic heterocycles. The van der Waals surface area contributed by atoms with Crippen molar-refractivity contribution in [2.75, 3.05) is 12.9 Å². The van der Waals surface area contributed by atoms with Crippen LogP contribution < -0.4 is 4.72 Å². The third-order valence-electron chi connectivity index (χ3n) is 2.62. The second-order valence-electron chi connectivity index (χ2n) is 4.23. The van der Waals surface area contributed by atoms with Gasteiger partial charge in [-0.15, -0.1) is 0 Å². The Morgan fingerprint density at radius 1 is 1.53 bits per heavy atom. The third-order valence-corrected chi connectivity index (χ3v) is 4.03. The van der Waals surface area contributed by atoms with Crippen molar-refractivity contribution in [1.82, 2.24) is 14.5 Å². The van der Waals surface area contributed by atoms with E-state index < -0.39 is 16.0 Å². The number of ether oxygens (including phenoxy) is 1. The molecule has 19 heavy (non-hydrogen) atoms. The summed E-state index contributed by atoms with van der Waals surface area (Å²) in [6.45, 7) is 2.03. The fourth-order valence-corrected chi connectivity index (χ4v) is 2.63. The van der Waals surface area contributed by atoms with Crippen LogP contribution in [0.2, 0.25) is 0 Å². The lowest BCUT2D eigenvalue weighted by Crippen LogP contribution is -2.26. The van der Waals surface area contributed by atoms with E-state index in [0.717, 1.165) is 11.3 Å². The number of nitrogens with one attached hydrogen (secondary N) is 1. The molecule has 8 heteroatoms. The van der Waals surface area contributed by atoms with Gasteiger partial charge in [-0.25, -0.2) is 13.1 Å². The Labute approximate surface area is 113 Å². The van der Waals surface area contributed by atoms with E-state index in [9.17, 15) is 13.2 Å². The van der Waals surface area contributed by atoms with Gasteiger partial charge in [0.25, 0.3) is 0 Å². The van der Waals surface area contributed by atoms with E-state index in [0.29, 0.717) is 0 Å². The van der Waals surface area contributed by atoms with Crippen LogP contribution in [0.5, 0.6) is 0 Å². The van der Waals surface area contributed by atoms with Crippen LogP contribution in [0.1, 0.15) is 24.1 Å². The molecule has 0 aromatic carbocycles. The fourth-order valence-electron chi connectivity index (χ4n) is 1.59. The first-order chi connectivity index (χ1) is 8.84. The van der Waals surface area contributed by atoms with Gasteiger partial charge < -0.3 is 4.74 Å². The van der Waals surface area contributed by atoms with Gasteiger partial charge in [-0.3, -0.25) is 9.48 Å². The number of sulfonamides is 1. The summed E-state index contributed by atoms with van der Waals surface area (Å²) in [4.78, 5) is 10.9. The van der Waals surface area contributed by atoms with Gasteiger partial charge in [0, 0.05) is 31.8 Å². The number of rotatable bonds is 7. The normalized spacial score (nSPS) is 11.5. The van der Waals surface area contributed by atoms with Crippen LogP contribution in [0.25, 0.3) is 0 Å². The number of aryl methyl sites for hydroxylation is 2. The van der Waals surface area contributed by atoms with Crippen LogP contribution in [0.15, 0.2) is 6.20 Å². The summed E-state index contributed by atoms with van der Waals surface area (Å²) in [5, 5.41) is 4.13. The molecule has 0 bridgehead atoms. The molecule has 0 radical (unpaired) electrons. The Morgan fingerprint density at radius 3 is 2.74 bits per heavy atom. The molecule has 108 valence electrons. The number of methoxy groups -OCH3 is 1. The number of hydrogen-bond acceptors (Lipinski definition) is 5. The van der Waals surface area contributed by atoms with Crippen LogP contribution in [-0.4, -0.2) is 37.0 Å². The lowest BCUT2D eigenvalue weighted by Gasteiger charge is -2.05. The molecule has 1 N–H and O–H groups in total. The molecule has 0 saturated heterocycles. The Bertz CT molecular complexity index is 536. The van der Waals surface area contributed by atoms with Gasteiger partial charge in [0.1, 0.15) is 0 Å². The molecule has 1 heterocycles. The molecular formula is C11H19N3O4S. The standard InChI is InChI=1S/C11H19N3O4S/c1-9-10(8-14(2)13-9)7-12-19(16,17)6-4-5-11(15)18-3/h8,12H,4-7H2,1-3H3. The topological polar surface area (TPSA) is 90.3 Å². The van der Waals surface area contributed by atoms with Crippen LogP contribution >= 0.6 is 0 Å². The van der Waals surface area contributed by atoms with E-state index in [-0.39, 0.29) is 25.1 Å². The summed E-state index contributed by atoms with van der Waals surface area (Å²) in [6, 6.07) is 0. The molecule has 7 nitrogen and oxygen atoms in total. The number of carbonyl (C=O) groups is 1. The molecule has 0 fully saturated rings. The highest BCUT2D eigenvalue weighted by molar-refractivity contribution is 7.89. The van der Waals surface area contributed by atoms with Gasteiger partial charge in [0.05, 0.1) is 18.6 Å². The van der Waals surface area contributed by atoms with Gasteiger partial charge >= 0.3 is 5.97 Å². The highest BCUT2D eigenvalue weighted by Crippen LogP contribution is 2.05. The summed E-state index contributed by atoms with van der Waals surface area (Å²) in [5.74, 6) is -0.500. The third kappa shape index (κ3) is 5.39. The molecule has 0 aliphatic carbocycles. The van der Waals surface area contributed by atoms with E-state index in [2.05, 4.69) is 14.6 Å². The Balaban J connectivity index is 2.43. The number of hydrogen-bond donors (Lipinski definition) is 1. The first-order valence-corrected chi connectivity index (χ1v) is 7.52. The smallest absolute Gasteiger partial charge is 0.305 e. The van der Waals surface area contributed by atoms with Crippen LogP contribution in [0, 0.1) is 6.92 Å². The molecule has 0 spiro atoms. The molecular weight excluding hydrogens is 270 g/mol. The second kappa shape index (κ2) is 6.67. The summed E-state index contributed by atoms with van der Waals surface area (Å²) in [7, 11) is -0.329. The van der Waals surface area contributed by atoms with E-state index >= 15 is 0 Å². The van der Waals surface area contributed by atoms with Gasteiger partial charge in [0.2, 0.25) is 10.0 Å². The van der Waals surface area contributed by atoms with Crippen LogP contribution in [0.4, 0.5) is 0 Å². The maximum absolute atomic E-state index is 11.7. The lowest BCUT2D eigenvalue weighted by atomic mass is 10.3. The van der Waals surface area contributed by atoms with Crippen molar-refractivity contribution in [3.63, 3.8) is 0 Å². The fraction of sp³-hybridized carbons (Fsp3) is 0.636. The minimum atomic E-state index is -3.39. The van der Waals surface area contributed by atoms with E-state index in [4.69, 9.17) is 0 Å². The molecule has 1 rings (SSSR count). The van der Waals surface area contributed by atoms with Gasteiger partial charge in [-0.05, 0) is 13.3 Å². The number of aromatic nitrogens is 2. The van der Waals surface area contributed by atoms with Gasteiger partial charge in [0.15, 0.2) is 0 Å². The van der Waals surface area contributed by atoms with Crippen LogP contribution in [-0.2, 0) is 33.1 Å². The Hall–Kier alpha value is -1.41. The summed E-state index contributed by atoms with van der Waals surface area (Å²) < 4.78 is 32.0. The predicted molar refractivity (Wildman–Crippen MR) is 69.8 cm³/mol. The Morgan fingerprint density at radius 2 is 2.21 bits per heavy atom. The van der Waals surface area contributed by atoms with Crippen molar-refractivity contribution in [2.45, 2.75) is 26.3 Å². The molecule has 0 atom stereocenters. The highest BCUT2D eigenvalue weighted by Gasteiger charge is 2.13. The molecule has 0 unspecified atom stereocenters. The zero-order valence-electron chi connectivity index (χ0n) is 11.3. The molecule has 0 aliphatic rings. The SMILES string of the molecule is COC(=O)CCCS(=O)(=O)NCc1cn(C)nc1C. The van der Waals surface area contributed by atoms with Crippen molar-refractivity contribution in [3.05, 3.63) is 17.5 Å². The minimum Gasteiger partial charge on any atom is -0.469 e. The van der Waals surface area contributed by atoms with E-state index in [1.807, 2.05) is 6.92 Å². The maximum atomic E-state index is 11.7. The van der Waals surface area contributed by atoms with E-state index in [1.165, 1.54) is 7.11 Å². The maximum Gasteiger partial charge on any atom is 0.305 e. The first-order valence-electron chi connectivity index (χ1n) is 5.87. The van der Waals surface area contributed by atoms with Gasteiger partial charge in [-0.1, -0.05) is 0 Å². The van der Waals surface area contributed by atoms with E-state index in [1.54, 1.807) is 17.9 Å². The second-order valence-corrected chi connectivity index (χ2v) is 6.16. The van der Waals surface area contributed by atoms with Crippen LogP contribution in [0.3, 0.4) is 0 Å². The molecule has 0 saturated carbocycles. The number of esters is 1. The molecule has 0 aliphatic heterocycles. The summed E-state index contributed by atoms with van der Waals surface area (Å²) >= 11 is 0.